The first kappa shape index (κ1) is 19.1. The zero-order valence-corrected chi connectivity index (χ0v) is 16.1. The van der Waals surface area contributed by atoms with E-state index in [1.54, 1.807) is 6.07 Å². The minimum absolute atomic E-state index is 0.217. The fourth-order valence-electron chi connectivity index (χ4n) is 3.42. The Bertz CT molecular complexity index is 935. The number of halogens is 1. The van der Waals surface area contributed by atoms with E-state index in [0.29, 0.717) is 12.3 Å². The number of aromatic nitrogens is 1. The summed E-state index contributed by atoms with van der Waals surface area (Å²) in [7, 11) is 0. The quantitative estimate of drug-likeness (QED) is 0.696. The Morgan fingerprint density at radius 1 is 1.03 bits per heavy atom. The van der Waals surface area contributed by atoms with Crippen molar-refractivity contribution < 1.29 is 13.7 Å². The molecule has 1 N–H and O–H groups in total. The lowest BCUT2D eigenvalue weighted by molar-refractivity contribution is 0.0939. The van der Waals surface area contributed by atoms with Gasteiger partial charge >= 0.3 is 0 Å². The predicted octanol–water partition coefficient (Wildman–Crippen LogP) is 3.03. The average Bonchev–Trinajstić information content (AvgIpc) is 3.26. The Balaban J connectivity index is 1.21. The molecule has 7 heteroatoms. The Hall–Kier alpha value is -3.19. The van der Waals surface area contributed by atoms with Crippen LogP contribution in [0, 0.1) is 5.82 Å². The van der Waals surface area contributed by atoms with Gasteiger partial charge in [0.15, 0.2) is 11.5 Å². The Morgan fingerprint density at radius 3 is 2.48 bits per heavy atom. The van der Waals surface area contributed by atoms with Crippen LogP contribution in [-0.4, -0.2) is 55.2 Å². The summed E-state index contributed by atoms with van der Waals surface area (Å²) in [6.07, 6.45) is 0. The third-order valence-corrected chi connectivity index (χ3v) is 5.08. The van der Waals surface area contributed by atoms with Crippen molar-refractivity contribution in [2.45, 2.75) is 0 Å². The van der Waals surface area contributed by atoms with Gasteiger partial charge in [-0.15, -0.1) is 0 Å². The standard InChI is InChI=1S/C22H23FN4O2/c23-18-6-8-19(9-7-18)27-14-12-26(13-15-27)11-10-24-22(28)20-16-21(29-25-20)17-4-2-1-3-5-17/h1-9,16H,10-15H2,(H,24,28). The van der Waals surface area contributed by atoms with Gasteiger partial charge in [-0.1, -0.05) is 35.5 Å². The van der Waals surface area contributed by atoms with Gasteiger partial charge < -0.3 is 14.7 Å². The number of nitrogens with one attached hydrogen (secondary N) is 1. The predicted molar refractivity (Wildman–Crippen MR) is 109 cm³/mol. The van der Waals surface area contributed by atoms with E-state index in [1.807, 2.05) is 42.5 Å². The van der Waals surface area contributed by atoms with Gasteiger partial charge in [-0.2, -0.15) is 0 Å². The molecule has 1 aromatic heterocycles. The first-order valence-corrected chi connectivity index (χ1v) is 9.72. The number of nitrogens with zero attached hydrogens (tertiary/aromatic N) is 3. The molecular formula is C22H23FN4O2. The van der Waals surface area contributed by atoms with E-state index < -0.39 is 0 Å². The second kappa shape index (κ2) is 8.87. The number of anilines is 1. The molecule has 1 aliphatic rings. The summed E-state index contributed by atoms with van der Waals surface area (Å²) >= 11 is 0. The Kier molecular flexibility index (Phi) is 5.86. The van der Waals surface area contributed by atoms with E-state index in [2.05, 4.69) is 20.3 Å². The molecule has 29 heavy (non-hydrogen) atoms. The summed E-state index contributed by atoms with van der Waals surface area (Å²) in [5.74, 6) is 0.125. The zero-order valence-electron chi connectivity index (χ0n) is 16.1. The highest BCUT2D eigenvalue weighted by Gasteiger charge is 2.18. The van der Waals surface area contributed by atoms with Crippen LogP contribution in [0.2, 0.25) is 0 Å². The van der Waals surface area contributed by atoms with Crippen LogP contribution in [0.3, 0.4) is 0 Å². The van der Waals surface area contributed by atoms with E-state index in [9.17, 15) is 9.18 Å². The SMILES string of the molecule is O=C(NCCN1CCN(c2ccc(F)cc2)CC1)c1cc(-c2ccccc2)on1. The van der Waals surface area contributed by atoms with Crippen LogP contribution in [0.25, 0.3) is 11.3 Å². The number of benzene rings is 2. The minimum atomic E-state index is -0.235. The molecular weight excluding hydrogens is 371 g/mol. The van der Waals surface area contributed by atoms with Crippen LogP contribution < -0.4 is 10.2 Å². The fourth-order valence-corrected chi connectivity index (χ4v) is 3.42. The van der Waals surface area contributed by atoms with Crippen molar-refractivity contribution in [1.82, 2.24) is 15.4 Å². The third-order valence-electron chi connectivity index (χ3n) is 5.08. The number of carbonyl (C=O) groups excluding carboxylic acids is 1. The summed E-state index contributed by atoms with van der Waals surface area (Å²) in [6, 6.07) is 17.8. The zero-order chi connectivity index (χ0) is 20.1. The van der Waals surface area contributed by atoms with Crippen molar-refractivity contribution in [2.24, 2.45) is 0 Å². The summed E-state index contributed by atoms with van der Waals surface area (Å²) in [6.45, 7) is 4.87. The number of amides is 1. The molecule has 0 bridgehead atoms. The molecule has 2 aromatic carbocycles. The molecule has 3 aromatic rings. The first-order valence-electron chi connectivity index (χ1n) is 9.72. The van der Waals surface area contributed by atoms with Crippen LogP contribution in [0.15, 0.2) is 65.2 Å². The summed E-state index contributed by atoms with van der Waals surface area (Å²) in [5, 5.41) is 6.78. The molecule has 4 rings (SSSR count). The van der Waals surface area contributed by atoms with Gasteiger partial charge in [0.2, 0.25) is 0 Å². The molecule has 0 atom stereocenters. The normalized spacial score (nSPS) is 14.7. The fraction of sp³-hybridized carbons (Fsp3) is 0.273. The maximum atomic E-state index is 13.1. The van der Waals surface area contributed by atoms with Crippen molar-refractivity contribution in [3.63, 3.8) is 0 Å². The van der Waals surface area contributed by atoms with Crippen molar-refractivity contribution in [3.8, 4) is 11.3 Å². The monoisotopic (exact) mass is 394 g/mol. The molecule has 0 unspecified atom stereocenters. The van der Waals surface area contributed by atoms with Gasteiger partial charge in [-0.3, -0.25) is 9.69 Å². The minimum Gasteiger partial charge on any atom is -0.369 e. The number of piperazine rings is 1. The van der Waals surface area contributed by atoms with Crippen LogP contribution in [0.4, 0.5) is 10.1 Å². The lowest BCUT2D eigenvalue weighted by Gasteiger charge is -2.36. The van der Waals surface area contributed by atoms with Gasteiger partial charge in [-0.05, 0) is 24.3 Å². The summed E-state index contributed by atoms with van der Waals surface area (Å²) in [5.41, 5.74) is 2.21. The second-order valence-corrected chi connectivity index (χ2v) is 7.00. The number of hydrogen-bond donors (Lipinski definition) is 1. The van der Waals surface area contributed by atoms with E-state index in [4.69, 9.17) is 4.52 Å². The lowest BCUT2D eigenvalue weighted by atomic mass is 10.1. The van der Waals surface area contributed by atoms with Gasteiger partial charge in [0.05, 0.1) is 0 Å². The Labute approximate surface area is 168 Å². The Morgan fingerprint density at radius 2 is 1.76 bits per heavy atom. The van der Waals surface area contributed by atoms with Gasteiger partial charge in [-0.25, -0.2) is 4.39 Å². The summed E-state index contributed by atoms with van der Waals surface area (Å²) < 4.78 is 18.3. The van der Waals surface area contributed by atoms with Crippen LogP contribution in [0.1, 0.15) is 10.5 Å². The topological polar surface area (TPSA) is 61.6 Å². The van der Waals surface area contributed by atoms with E-state index >= 15 is 0 Å². The van der Waals surface area contributed by atoms with Crippen molar-refractivity contribution in [1.29, 1.82) is 0 Å². The molecule has 0 spiro atoms. The van der Waals surface area contributed by atoms with Crippen molar-refractivity contribution in [3.05, 3.63) is 72.2 Å². The maximum absolute atomic E-state index is 13.1. The van der Waals surface area contributed by atoms with E-state index in [1.165, 1.54) is 12.1 Å². The molecule has 6 nitrogen and oxygen atoms in total. The molecule has 1 aliphatic heterocycles. The second-order valence-electron chi connectivity index (χ2n) is 7.00. The maximum Gasteiger partial charge on any atom is 0.273 e. The molecule has 1 saturated heterocycles. The third kappa shape index (κ3) is 4.81. The number of carbonyl (C=O) groups is 1. The largest absolute Gasteiger partial charge is 0.369 e. The smallest absolute Gasteiger partial charge is 0.273 e. The lowest BCUT2D eigenvalue weighted by Crippen LogP contribution is -2.48. The summed E-state index contributed by atoms with van der Waals surface area (Å²) in [4.78, 5) is 16.9. The molecule has 150 valence electrons. The molecule has 2 heterocycles. The van der Waals surface area contributed by atoms with Crippen LogP contribution >= 0.6 is 0 Å². The number of hydrogen-bond acceptors (Lipinski definition) is 5. The number of rotatable bonds is 6. The van der Waals surface area contributed by atoms with E-state index in [0.717, 1.165) is 44.0 Å². The van der Waals surface area contributed by atoms with Crippen molar-refractivity contribution >= 4 is 11.6 Å². The first-order chi connectivity index (χ1) is 14.2. The highest BCUT2D eigenvalue weighted by Crippen LogP contribution is 2.19. The van der Waals surface area contributed by atoms with E-state index in [-0.39, 0.29) is 17.4 Å². The average molecular weight is 394 g/mol. The molecule has 1 amide bonds. The van der Waals surface area contributed by atoms with Crippen molar-refractivity contribution in [2.75, 3.05) is 44.2 Å². The van der Waals surface area contributed by atoms with Gasteiger partial charge in [0, 0.05) is 56.6 Å². The molecule has 0 saturated carbocycles. The van der Waals surface area contributed by atoms with Crippen LogP contribution in [-0.2, 0) is 0 Å². The highest BCUT2D eigenvalue weighted by atomic mass is 19.1. The van der Waals surface area contributed by atoms with Gasteiger partial charge in [0.1, 0.15) is 5.82 Å². The molecule has 0 radical (unpaired) electrons. The highest BCUT2D eigenvalue weighted by molar-refractivity contribution is 5.93. The van der Waals surface area contributed by atoms with Crippen LogP contribution in [0.5, 0.6) is 0 Å². The molecule has 0 aliphatic carbocycles. The van der Waals surface area contributed by atoms with Gasteiger partial charge in [0.25, 0.3) is 5.91 Å². The molecule has 1 fully saturated rings.